The summed E-state index contributed by atoms with van der Waals surface area (Å²) in [6.45, 7) is 9.14. The van der Waals surface area contributed by atoms with Crippen LogP contribution >= 0.6 is 0 Å². The molecule has 1 unspecified atom stereocenters. The molecule has 1 aromatic carbocycles. The molecule has 0 bridgehead atoms. The number of nitrogens with one attached hydrogen (secondary N) is 2. The third-order valence-electron chi connectivity index (χ3n) is 4.58. The lowest BCUT2D eigenvalue weighted by Crippen LogP contribution is -2.40. The first kappa shape index (κ1) is 17.5. The molecule has 1 aromatic rings. The van der Waals surface area contributed by atoms with Gasteiger partial charge < -0.3 is 15.3 Å². The molecule has 1 saturated heterocycles. The predicted molar refractivity (Wildman–Crippen MR) is 97.3 cm³/mol. The summed E-state index contributed by atoms with van der Waals surface area (Å²) in [5.74, 6) is 0.517. The fraction of sp³-hybridized carbons (Fsp3) is 0.526. The summed E-state index contributed by atoms with van der Waals surface area (Å²) in [6, 6.07) is 4.35. The van der Waals surface area contributed by atoms with Gasteiger partial charge in [-0.05, 0) is 51.2 Å². The molecule has 126 valence electrons. The average Bonchev–Trinajstić information content (AvgIpc) is 2.49. The standard InChI is InChI=1S/C19H29N3O/c1-6-16(23)17(21-5)15-8-7-9-22(19(15)20)18-13(3)10-12(2)11-14(18)4/h10-11,16,20-21,23H,6-9H2,1-5H3/b17-15-,20-19?. The largest absolute Gasteiger partial charge is 0.389 e. The number of piperidine rings is 1. The minimum absolute atomic E-state index is 0.517. The van der Waals surface area contributed by atoms with Crippen LogP contribution in [0.4, 0.5) is 5.69 Å². The van der Waals surface area contributed by atoms with E-state index in [0.717, 1.165) is 36.3 Å². The Labute approximate surface area is 139 Å². The molecule has 1 aliphatic rings. The normalized spacial score (nSPS) is 18.9. The van der Waals surface area contributed by atoms with E-state index in [1.807, 2.05) is 14.0 Å². The molecule has 0 spiro atoms. The lowest BCUT2D eigenvalue weighted by Gasteiger charge is -2.35. The third kappa shape index (κ3) is 3.42. The second kappa shape index (κ2) is 7.18. The topological polar surface area (TPSA) is 59.4 Å². The van der Waals surface area contributed by atoms with Gasteiger partial charge in [-0.2, -0.15) is 0 Å². The number of rotatable bonds is 4. The molecule has 4 heteroatoms. The number of benzene rings is 1. The summed E-state index contributed by atoms with van der Waals surface area (Å²) < 4.78 is 0. The van der Waals surface area contributed by atoms with Crippen LogP contribution in [0.1, 0.15) is 42.9 Å². The zero-order valence-corrected chi connectivity index (χ0v) is 15.0. The van der Waals surface area contributed by atoms with Crippen molar-refractivity contribution in [3.8, 4) is 0 Å². The van der Waals surface area contributed by atoms with E-state index in [9.17, 15) is 5.11 Å². The van der Waals surface area contributed by atoms with Gasteiger partial charge in [0.1, 0.15) is 5.84 Å². The molecule has 1 atom stereocenters. The van der Waals surface area contributed by atoms with E-state index < -0.39 is 6.10 Å². The van der Waals surface area contributed by atoms with Crippen LogP contribution in [-0.2, 0) is 0 Å². The maximum atomic E-state index is 10.3. The van der Waals surface area contributed by atoms with Crippen LogP contribution in [0.2, 0.25) is 0 Å². The fourth-order valence-corrected chi connectivity index (χ4v) is 3.61. The fourth-order valence-electron chi connectivity index (χ4n) is 3.61. The van der Waals surface area contributed by atoms with Crippen molar-refractivity contribution >= 4 is 11.5 Å². The van der Waals surface area contributed by atoms with Crippen LogP contribution in [0.5, 0.6) is 0 Å². The van der Waals surface area contributed by atoms with Gasteiger partial charge >= 0.3 is 0 Å². The van der Waals surface area contributed by atoms with Gasteiger partial charge in [0.15, 0.2) is 0 Å². The van der Waals surface area contributed by atoms with Crippen molar-refractivity contribution in [2.24, 2.45) is 0 Å². The smallest absolute Gasteiger partial charge is 0.130 e. The highest BCUT2D eigenvalue weighted by molar-refractivity contribution is 6.09. The van der Waals surface area contributed by atoms with Crippen molar-refractivity contribution < 1.29 is 5.11 Å². The molecule has 1 heterocycles. The van der Waals surface area contributed by atoms with Gasteiger partial charge in [0.25, 0.3) is 0 Å². The molecular formula is C19H29N3O. The van der Waals surface area contributed by atoms with E-state index in [-0.39, 0.29) is 0 Å². The Balaban J connectivity index is 2.47. The van der Waals surface area contributed by atoms with Crippen LogP contribution in [0.3, 0.4) is 0 Å². The number of hydrogen-bond acceptors (Lipinski definition) is 3. The molecule has 0 saturated carbocycles. The first-order chi connectivity index (χ1) is 10.9. The van der Waals surface area contributed by atoms with Gasteiger partial charge in [0.05, 0.1) is 6.10 Å². The zero-order chi connectivity index (χ0) is 17.1. The summed E-state index contributed by atoms with van der Waals surface area (Å²) in [7, 11) is 1.83. The number of nitrogens with zero attached hydrogens (tertiary/aromatic N) is 1. The number of aliphatic hydroxyl groups is 1. The summed E-state index contributed by atoms with van der Waals surface area (Å²) in [4.78, 5) is 2.10. The van der Waals surface area contributed by atoms with Crippen LogP contribution < -0.4 is 10.2 Å². The highest BCUT2D eigenvalue weighted by atomic mass is 16.3. The van der Waals surface area contributed by atoms with E-state index in [1.165, 1.54) is 16.7 Å². The number of aliphatic hydroxyl groups excluding tert-OH is 1. The van der Waals surface area contributed by atoms with Gasteiger partial charge in [0.2, 0.25) is 0 Å². The lowest BCUT2D eigenvalue weighted by atomic mass is 9.95. The minimum Gasteiger partial charge on any atom is -0.389 e. The molecule has 2 rings (SSSR count). The Morgan fingerprint density at radius 1 is 1.30 bits per heavy atom. The van der Waals surface area contributed by atoms with Crippen LogP contribution in [0.15, 0.2) is 23.4 Å². The van der Waals surface area contributed by atoms with Crippen LogP contribution in [-0.4, -0.2) is 30.6 Å². The Bertz CT molecular complexity index is 610. The predicted octanol–water partition coefficient (Wildman–Crippen LogP) is 3.43. The Morgan fingerprint density at radius 2 is 1.91 bits per heavy atom. The second-order valence-corrected chi connectivity index (χ2v) is 6.42. The van der Waals surface area contributed by atoms with Gasteiger partial charge in [0, 0.05) is 30.5 Å². The van der Waals surface area contributed by atoms with Crippen molar-refractivity contribution in [3.05, 3.63) is 40.1 Å². The van der Waals surface area contributed by atoms with E-state index in [0.29, 0.717) is 12.3 Å². The number of amidine groups is 1. The van der Waals surface area contributed by atoms with Gasteiger partial charge in [-0.15, -0.1) is 0 Å². The molecule has 0 aliphatic carbocycles. The molecule has 4 nitrogen and oxygen atoms in total. The average molecular weight is 315 g/mol. The molecule has 0 radical (unpaired) electrons. The van der Waals surface area contributed by atoms with Crippen molar-refractivity contribution in [2.75, 3.05) is 18.5 Å². The summed E-state index contributed by atoms with van der Waals surface area (Å²) in [6.07, 6.45) is 1.95. The number of hydrogen-bond donors (Lipinski definition) is 3. The number of aryl methyl sites for hydroxylation is 3. The minimum atomic E-state index is -0.532. The molecule has 0 amide bonds. The molecule has 23 heavy (non-hydrogen) atoms. The Kier molecular flexibility index (Phi) is 5.47. The molecule has 0 aromatic heterocycles. The first-order valence-electron chi connectivity index (χ1n) is 8.43. The quantitative estimate of drug-likeness (QED) is 0.798. The van der Waals surface area contributed by atoms with Gasteiger partial charge in [-0.1, -0.05) is 24.6 Å². The maximum absolute atomic E-state index is 10.3. The van der Waals surface area contributed by atoms with Crippen molar-refractivity contribution in [3.63, 3.8) is 0 Å². The van der Waals surface area contributed by atoms with Crippen molar-refractivity contribution in [1.82, 2.24) is 5.32 Å². The highest BCUT2D eigenvalue weighted by Gasteiger charge is 2.27. The molecule has 3 N–H and O–H groups in total. The third-order valence-corrected chi connectivity index (χ3v) is 4.58. The Morgan fingerprint density at radius 3 is 2.43 bits per heavy atom. The summed E-state index contributed by atoms with van der Waals surface area (Å²) >= 11 is 0. The zero-order valence-electron chi connectivity index (χ0n) is 15.0. The first-order valence-corrected chi connectivity index (χ1v) is 8.43. The summed E-state index contributed by atoms with van der Waals surface area (Å²) in [5, 5.41) is 22.1. The SMILES string of the molecule is CCC(O)/C(NC)=C1\CCCN(c2c(C)cc(C)cc2C)C1=N. The number of likely N-dealkylation sites (N-methyl/N-ethyl adjacent to an activating group) is 1. The highest BCUT2D eigenvalue weighted by Crippen LogP contribution is 2.32. The summed E-state index contributed by atoms with van der Waals surface area (Å²) in [5.41, 5.74) is 6.53. The maximum Gasteiger partial charge on any atom is 0.130 e. The van der Waals surface area contributed by atoms with Crippen molar-refractivity contribution in [1.29, 1.82) is 5.41 Å². The van der Waals surface area contributed by atoms with E-state index in [2.05, 4.69) is 43.1 Å². The molecular weight excluding hydrogens is 286 g/mol. The molecule has 1 fully saturated rings. The van der Waals surface area contributed by atoms with E-state index in [1.54, 1.807) is 0 Å². The lowest BCUT2D eigenvalue weighted by molar-refractivity contribution is 0.198. The monoisotopic (exact) mass is 315 g/mol. The van der Waals surface area contributed by atoms with Crippen molar-refractivity contribution in [2.45, 2.75) is 53.1 Å². The van der Waals surface area contributed by atoms with E-state index in [4.69, 9.17) is 5.41 Å². The van der Waals surface area contributed by atoms with Gasteiger partial charge in [-0.25, -0.2) is 0 Å². The van der Waals surface area contributed by atoms with Crippen LogP contribution in [0.25, 0.3) is 0 Å². The van der Waals surface area contributed by atoms with E-state index >= 15 is 0 Å². The molecule has 1 aliphatic heterocycles. The Hall–Kier alpha value is -1.81. The number of anilines is 1. The van der Waals surface area contributed by atoms with Crippen LogP contribution in [0, 0.1) is 26.2 Å². The second-order valence-electron chi connectivity index (χ2n) is 6.42. The van der Waals surface area contributed by atoms with Gasteiger partial charge in [-0.3, -0.25) is 5.41 Å².